The van der Waals surface area contributed by atoms with E-state index in [0.717, 1.165) is 16.9 Å². The average Bonchev–Trinajstić information content (AvgIpc) is 3.07. The van der Waals surface area contributed by atoms with Gasteiger partial charge in [-0.05, 0) is 45.1 Å². The molecule has 2 aliphatic rings. The molecule has 5 atom stereocenters. The number of furan rings is 1. The Morgan fingerprint density at radius 1 is 1.26 bits per heavy atom. The number of hydrogen-bond acceptors (Lipinski definition) is 6. The summed E-state index contributed by atoms with van der Waals surface area (Å²) >= 11 is 0. The molecule has 0 spiro atoms. The van der Waals surface area contributed by atoms with Crippen molar-refractivity contribution in [2.24, 2.45) is 23.2 Å². The van der Waals surface area contributed by atoms with E-state index in [2.05, 4.69) is 0 Å². The Kier molecular flexibility index (Phi) is 6.35. The number of aliphatic carboxylic acids is 1. The van der Waals surface area contributed by atoms with Gasteiger partial charge >= 0.3 is 17.9 Å². The Labute approximate surface area is 182 Å². The Morgan fingerprint density at radius 3 is 2.52 bits per heavy atom. The maximum absolute atomic E-state index is 12.8. The van der Waals surface area contributed by atoms with E-state index in [1.807, 2.05) is 13.8 Å². The lowest BCUT2D eigenvalue weighted by Gasteiger charge is -2.53. The third-order valence-electron chi connectivity index (χ3n) is 7.07. The van der Waals surface area contributed by atoms with Crippen molar-refractivity contribution in [1.29, 1.82) is 0 Å². The number of fused-ring (bicyclic) bond motifs is 2. The number of carbonyl (C=O) groups excluding carboxylic acids is 2. The van der Waals surface area contributed by atoms with Gasteiger partial charge in [-0.25, -0.2) is 4.79 Å². The summed E-state index contributed by atoms with van der Waals surface area (Å²) < 4.78 is 17.4. The topological polar surface area (TPSA) is 103 Å². The fourth-order valence-corrected chi connectivity index (χ4v) is 5.09. The first-order valence-corrected chi connectivity index (χ1v) is 10.9. The first-order valence-electron chi connectivity index (χ1n) is 10.9. The highest BCUT2D eigenvalue weighted by atomic mass is 16.6. The van der Waals surface area contributed by atoms with Crippen LogP contribution in [0.2, 0.25) is 0 Å². The van der Waals surface area contributed by atoms with Crippen LogP contribution >= 0.6 is 0 Å². The summed E-state index contributed by atoms with van der Waals surface area (Å²) in [4.78, 5) is 37.7. The Bertz CT molecular complexity index is 909. The van der Waals surface area contributed by atoms with Crippen molar-refractivity contribution in [2.75, 3.05) is 0 Å². The van der Waals surface area contributed by atoms with Crippen molar-refractivity contribution in [1.82, 2.24) is 0 Å². The molecule has 0 saturated heterocycles. The van der Waals surface area contributed by atoms with Crippen LogP contribution in [0.1, 0.15) is 70.5 Å². The van der Waals surface area contributed by atoms with Gasteiger partial charge in [-0.3, -0.25) is 9.59 Å². The molecular weight excluding hydrogens is 400 g/mol. The summed E-state index contributed by atoms with van der Waals surface area (Å²) in [6.45, 7) is 10.6. The van der Waals surface area contributed by atoms with Crippen LogP contribution in [0.5, 0.6) is 0 Å². The van der Waals surface area contributed by atoms with Crippen molar-refractivity contribution in [3.63, 3.8) is 0 Å². The number of carboxylic acid groups (broad SMARTS) is 1. The fourth-order valence-electron chi connectivity index (χ4n) is 5.09. The van der Waals surface area contributed by atoms with Gasteiger partial charge < -0.3 is 19.0 Å². The molecule has 7 heteroatoms. The maximum atomic E-state index is 12.8. The average molecular weight is 433 g/mol. The van der Waals surface area contributed by atoms with Crippen molar-refractivity contribution in [2.45, 2.75) is 73.0 Å². The van der Waals surface area contributed by atoms with E-state index in [-0.39, 0.29) is 11.8 Å². The predicted molar refractivity (Wildman–Crippen MR) is 112 cm³/mol. The first kappa shape index (κ1) is 23.1. The molecular formula is C24H32O7. The molecule has 7 nitrogen and oxygen atoms in total. The van der Waals surface area contributed by atoms with Gasteiger partial charge in [0, 0.05) is 23.0 Å². The molecule has 2 aliphatic carbocycles. The van der Waals surface area contributed by atoms with E-state index in [9.17, 15) is 19.5 Å². The molecule has 0 aromatic carbocycles. The van der Waals surface area contributed by atoms with Crippen LogP contribution in [0.3, 0.4) is 0 Å². The standard InChI is InChI=1S/C24H32O7/c1-7-13(4)23(28)31-20-18-14(5)11-29-17(18)10-15-8-9-16(30-22(27)12(2)3)19(21(25)26)24(15,20)6/h7,11-12,15-16,19-20H,8-10H2,1-6H3,(H,25,26)/b13-7-/t15-,16+,19-,20-,24+/m1/s1. The number of carbonyl (C=O) groups is 3. The number of hydrogen-bond donors (Lipinski definition) is 1. The van der Waals surface area contributed by atoms with Crippen LogP contribution in [-0.2, 0) is 30.3 Å². The van der Waals surface area contributed by atoms with Crippen LogP contribution in [0.4, 0.5) is 0 Å². The van der Waals surface area contributed by atoms with Gasteiger partial charge in [-0.2, -0.15) is 0 Å². The van der Waals surface area contributed by atoms with Crippen LogP contribution < -0.4 is 0 Å². The van der Waals surface area contributed by atoms with Crippen molar-refractivity contribution in [3.8, 4) is 0 Å². The molecule has 1 aromatic heterocycles. The van der Waals surface area contributed by atoms with Crippen molar-refractivity contribution < 1.29 is 33.4 Å². The molecule has 0 bridgehead atoms. The number of rotatable bonds is 5. The smallest absolute Gasteiger partial charge is 0.334 e. The third-order valence-corrected chi connectivity index (χ3v) is 7.07. The van der Waals surface area contributed by atoms with Gasteiger partial charge in [-0.1, -0.05) is 26.8 Å². The molecule has 1 N–H and O–H groups in total. The van der Waals surface area contributed by atoms with Gasteiger partial charge in [0.15, 0.2) is 0 Å². The Hall–Kier alpha value is -2.57. The van der Waals surface area contributed by atoms with Gasteiger partial charge in [0.05, 0.1) is 12.2 Å². The predicted octanol–water partition coefficient (Wildman–Crippen LogP) is 4.38. The summed E-state index contributed by atoms with van der Waals surface area (Å²) in [6, 6.07) is 0. The summed E-state index contributed by atoms with van der Waals surface area (Å²) in [5, 5.41) is 10.3. The second kappa shape index (κ2) is 8.52. The summed E-state index contributed by atoms with van der Waals surface area (Å²) in [5.74, 6) is -2.71. The summed E-state index contributed by atoms with van der Waals surface area (Å²) in [7, 11) is 0. The zero-order valence-electron chi connectivity index (χ0n) is 19.1. The lowest BCUT2D eigenvalue weighted by molar-refractivity contribution is -0.199. The van der Waals surface area contributed by atoms with Gasteiger partial charge in [0.25, 0.3) is 0 Å². The molecule has 1 saturated carbocycles. The minimum absolute atomic E-state index is 0.0932. The molecule has 0 aliphatic heterocycles. The second-order valence-electron chi connectivity index (χ2n) is 9.30. The van der Waals surface area contributed by atoms with Crippen LogP contribution in [0.25, 0.3) is 0 Å². The molecule has 1 aromatic rings. The molecule has 170 valence electrons. The zero-order valence-corrected chi connectivity index (χ0v) is 19.1. The molecule has 0 unspecified atom stereocenters. The normalized spacial score (nSPS) is 30.4. The highest BCUT2D eigenvalue weighted by Crippen LogP contribution is 2.60. The second-order valence-corrected chi connectivity index (χ2v) is 9.30. The maximum Gasteiger partial charge on any atom is 0.334 e. The number of carboxylic acids is 1. The zero-order chi connectivity index (χ0) is 23.1. The highest BCUT2D eigenvalue weighted by Gasteiger charge is 2.62. The minimum atomic E-state index is -1.05. The van der Waals surface area contributed by atoms with E-state index in [1.54, 1.807) is 40.0 Å². The first-order chi connectivity index (χ1) is 14.5. The molecule has 1 fully saturated rings. The number of esters is 2. The number of aryl methyl sites for hydroxylation is 1. The Morgan fingerprint density at radius 2 is 1.94 bits per heavy atom. The lowest BCUT2D eigenvalue weighted by atomic mass is 9.53. The van der Waals surface area contributed by atoms with E-state index in [1.165, 1.54) is 0 Å². The van der Waals surface area contributed by atoms with E-state index < -0.39 is 41.4 Å². The fraction of sp³-hybridized carbons (Fsp3) is 0.625. The van der Waals surface area contributed by atoms with Gasteiger partial charge in [0.1, 0.15) is 23.9 Å². The Balaban J connectivity index is 2.11. The molecule has 3 rings (SSSR count). The molecule has 1 heterocycles. The van der Waals surface area contributed by atoms with E-state index in [4.69, 9.17) is 13.9 Å². The number of allylic oxidation sites excluding steroid dienone is 1. The quantitative estimate of drug-likeness (QED) is 0.544. The van der Waals surface area contributed by atoms with E-state index in [0.29, 0.717) is 24.8 Å². The SMILES string of the molecule is C/C=C(/C)C(=O)O[C@@H]1c2c(C)coc2C[C@H]2CC[C@H](OC(=O)C(C)C)[C@H](C(=O)O)[C@]21C. The minimum Gasteiger partial charge on any atom is -0.481 e. The van der Waals surface area contributed by atoms with E-state index >= 15 is 0 Å². The van der Waals surface area contributed by atoms with Gasteiger partial charge in [-0.15, -0.1) is 0 Å². The molecule has 31 heavy (non-hydrogen) atoms. The molecule has 0 amide bonds. The van der Waals surface area contributed by atoms with Crippen LogP contribution in [-0.4, -0.2) is 29.1 Å². The van der Waals surface area contributed by atoms with Gasteiger partial charge in [0.2, 0.25) is 0 Å². The van der Waals surface area contributed by atoms with Crippen LogP contribution in [0, 0.1) is 30.1 Å². The molecule has 0 radical (unpaired) electrons. The van der Waals surface area contributed by atoms with Crippen molar-refractivity contribution in [3.05, 3.63) is 34.8 Å². The van der Waals surface area contributed by atoms with Crippen molar-refractivity contribution >= 4 is 17.9 Å². The lowest BCUT2D eigenvalue weighted by Crippen LogP contribution is -2.57. The number of ether oxygens (including phenoxy) is 2. The highest BCUT2D eigenvalue weighted by molar-refractivity contribution is 5.88. The third kappa shape index (κ3) is 3.90. The summed E-state index contributed by atoms with van der Waals surface area (Å²) in [6.07, 6.45) is 3.34. The van der Waals surface area contributed by atoms with Crippen LogP contribution in [0.15, 0.2) is 22.3 Å². The monoisotopic (exact) mass is 432 g/mol. The largest absolute Gasteiger partial charge is 0.481 e. The summed E-state index contributed by atoms with van der Waals surface area (Å²) in [5.41, 5.74) is 1.03.